The first-order valence-electron chi connectivity index (χ1n) is 5.46. The molecule has 0 saturated heterocycles. The predicted molar refractivity (Wildman–Crippen MR) is 60.3 cm³/mol. The van der Waals surface area contributed by atoms with E-state index in [1.54, 1.807) is 0 Å². The summed E-state index contributed by atoms with van der Waals surface area (Å²) in [5.74, 6) is 0. The Balaban J connectivity index is 1.91. The van der Waals surface area contributed by atoms with Gasteiger partial charge in [0.1, 0.15) is 0 Å². The van der Waals surface area contributed by atoms with Crippen LogP contribution in [-0.4, -0.2) is 5.54 Å². The molecule has 0 spiro atoms. The first-order valence-corrected chi connectivity index (χ1v) is 5.46. The molecule has 1 fully saturated rings. The Morgan fingerprint density at radius 1 is 1.33 bits per heavy atom. The molecular weight excluding hydrogens is 184 g/mol. The molecule has 2 nitrogen and oxygen atoms in total. The molecule has 1 saturated carbocycles. The Bertz CT molecular complexity index is 369. The van der Waals surface area contributed by atoms with E-state index in [1.165, 1.54) is 24.8 Å². The Morgan fingerprint density at radius 2 is 2.00 bits per heavy atom. The van der Waals surface area contributed by atoms with Gasteiger partial charge in [0, 0.05) is 12.1 Å². The second kappa shape index (κ2) is 4.04. The van der Waals surface area contributed by atoms with E-state index in [0.717, 1.165) is 12.1 Å². The van der Waals surface area contributed by atoms with Gasteiger partial charge in [-0.2, -0.15) is 5.26 Å². The van der Waals surface area contributed by atoms with Crippen LogP contribution in [0.1, 0.15) is 37.3 Å². The molecule has 0 aliphatic heterocycles. The van der Waals surface area contributed by atoms with Crippen molar-refractivity contribution in [2.24, 2.45) is 0 Å². The van der Waals surface area contributed by atoms with Crippen molar-refractivity contribution in [2.45, 2.75) is 38.3 Å². The lowest BCUT2D eigenvalue weighted by atomic mass is 9.78. The smallest absolute Gasteiger partial charge is 0.0991 e. The van der Waals surface area contributed by atoms with Gasteiger partial charge in [0.15, 0.2) is 0 Å². The van der Waals surface area contributed by atoms with Crippen molar-refractivity contribution in [3.05, 3.63) is 35.4 Å². The van der Waals surface area contributed by atoms with Gasteiger partial charge in [0.2, 0.25) is 0 Å². The third-order valence-corrected chi connectivity index (χ3v) is 3.26. The van der Waals surface area contributed by atoms with Crippen LogP contribution in [0.3, 0.4) is 0 Å². The van der Waals surface area contributed by atoms with E-state index in [1.807, 2.05) is 24.3 Å². The lowest BCUT2D eigenvalue weighted by molar-refractivity contribution is 0.207. The van der Waals surface area contributed by atoms with Gasteiger partial charge < -0.3 is 5.32 Å². The molecule has 2 rings (SSSR count). The maximum atomic E-state index is 8.67. The van der Waals surface area contributed by atoms with E-state index < -0.39 is 0 Å². The van der Waals surface area contributed by atoms with E-state index in [2.05, 4.69) is 18.3 Å². The fourth-order valence-corrected chi connectivity index (χ4v) is 1.90. The topological polar surface area (TPSA) is 35.8 Å². The van der Waals surface area contributed by atoms with Crippen LogP contribution >= 0.6 is 0 Å². The number of hydrogen-bond acceptors (Lipinski definition) is 2. The van der Waals surface area contributed by atoms with Gasteiger partial charge >= 0.3 is 0 Å². The van der Waals surface area contributed by atoms with E-state index in [9.17, 15) is 0 Å². The standard InChI is InChI=1S/C13H16N2/c1-13(7-2-8-13)15-10-12-5-3-11(9-14)4-6-12/h3-6,15H,2,7-8,10H2,1H3. The summed E-state index contributed by atoms with van der Waals surface area (Å²) in [6.45, 7) is 3.18. The molecule has 0 bridgehead atoms. The normalized spacial score (nSPS) is 17.9. The lowest BCUT2D eigenvalue weighted by Crippen LogP contribution is -2.47. The maximum absolute atomic E-state index is 8.67. The molecule has 0 radical (unpaired) electrons. The Morgan fingerprint density at radius 3 is 2.47 bits per heavy atom. The van der Waals surface area contributed by atoms with Crippen molar-refractivity contribution < 1.29 is 0 Å². The summed E-state index contributed by atoms with van der Waals surface area (Å²) in [6, 6.07) is 9.92. The van der Waals surface area contributed by atoms with Crippen molar-refractivity contribution in [1.82, 2.24) is 5.32 Å². The number of rotatable bonds is 3. The molecule has 0 heterocycles. The number of nitrogens with one attached hydrogen (secondary N) is 1. The zero-order chi connectivity index (χ0) is 10.7. The molecule has 78 valence electrons. The van der Waals surface area contributed by atoms with E-state index >= 15 is 0 Å². The van der Waals surface area contributed by atoms with Crippen molar-refractivity contribution in [3.63, 3.8) is 0 Å². The highest BCUT2D eigenvalue weighted by molar-refractivity contribution is 5.31. The highest BCUT2D eigenvalue weighted by Gasteiger charge is 2.30. The number of benzene rings is 1. The fourth-order valence-electron chi connectivity index (χ4n) is 1.90. The third kappa shape index (κ3) is 2.37. The molecule has 1 aliphatic rings. The minimum atomic E-state index is 0.355. The zero-order valence-electron chi connectivity index (χ0n) is 9.09. The fraction of sp³-hybridized carbons (Fsp3) is 0.462. The molecule has 0 unspecified atom stereocenters. The summed E-state index contributed by atoms with van der Waals surface area (Å²) in [5.41, 5.74) is 2.34. The SMILES string of the molecule is CC1(NCc2ccc(C#N)cc2)CCC1. The van der Waals surface area contributed by atoms with Crippen molar-refractivity contribution in [1.29, 1.82) is 5.26 Å². The lowest BCUT2D eigenvalue weighted by Gasteiger charge is -2.39. The minimum Gasteiger partial charge on any atom is -0.307 e. The molecule has 1 aromatic rings. The molecule has 0 amide bonds. The summed E-state index contributed by atoms with van der Waals surface area (Å²) < 4.78 is 0. The van der Waals surface area contributed by atoms with Gasteiger partial charge in [-0.05, 0) is 43.9 Å². The van der Waals surface area contributed by atoms with Crippen molar-refractivity contribution in [3.8, 4) is 6.07 Å². The first-order chi connectivity index (χ1) is 7.22. The highest BCUT2D eigenvalue weighted by Crippen LogP contribution is 2.31. The third-order valence-electron chi connectivity index (χ3n) is 3.26. The molecule has 0 atom stereocenters. The average molecular weight is 200 g/mol. The van der Waals surface area contributed by atoms with Gasteiger partial charge in [0.25, 0.3) is 0 Å². The molecule has 1 aliphatic carbocycles. The summed E-state index contributed by atoms with van der Waals surface area (Å²) in [4.78, 5) is 0. The van der Waals surface area contributed by atoms with Crippen LogP contribution in [0.4, 0.5) is 0 Å². The van der Waals surface area contributed by atoms with Gasteiger partial charge in [-0.3, -0.25) is 0 Å². The quantitative estimate of drug-likeness (QED) is 0.814. The van der Waals surface area contributed by atoms with Crippen LogP contribution in [0.15, 0.2) is 24.3 Å². The van der Waals surface area contributed by atoms with Crippen LogP contribution in [0, 0.1) is 11.3 Å². The number of nitriles is 1. The van der Waals surface area contributed by atoms with E-state index in [4.69, 9.17) is 5.26 Å². The van der Waals surface area contributed by atoms with Gasteiger partial charge in [0.05, 0.1) is 11.6 Å². The molecule has 15 heavy (non-hydrogen) atoms. The Labute approximate surface area is 90.9 Å². The summed E-state index contributed by atoms with van der Waals surface area (Å²) in [5, 5.41) is 12.2. The Hall–Kier alpha value is -1.33. The Kier molecular flexibility index (Phi) is 2.75. The highest BCUT2D eigenvalue weighted by atomic mass is 15.0. The summed E-state index contributed by atoms with van der Waals surface area (Å²) >= 11 is 0. The maximum Gasteiger partial charge on any atom is 0.0991 e. The van der Waals surface area contributed by atoms with Crippen molar-refractivity contribution in [2.75, 3.05) is 0 Å². The largest absolute Gasteiger partial charge is 0.307 e. The van der Waals surface area contributed by atoms with Crippen molar-refractivity contribution >= 4 is 0 Å². The van der Waals surface area contributed by atoms with Gasteiger partial charge in [-0.25, -0.2) is 0 Å². The second-order valence-electron chi connectivity index (χ2n) is 4.58. The summed E-state index contributed by atoms with van der Waals surface area (Å²) in [6.07, 6.45) is 3.91. The molecular formula is C13H16N2. The van der Waals surface area contributed by atoms with Crippen LogP contribution < -0.4 is 5.32 Å². The second-order valence-corrected chi connectivity index (χ2v) is 4.58. The monoisotopic (exact) mass is 200 g/mol. The zero-order valence-corrected chi connectivity index (χ0v) is 9.09. The first kappa shape index (κ1) is 10.2. The van der Waals surface area contributed by atoms with Crippen LogP contribution in [0.2, 0.25) is 0 Å². The molecule has 1 N–H and O–H groups in total. The molecule has 1 aromatic carbocycles. The van der Waals surface area contributed by atoms with E-state index in [0.29, 0.717) is 5.54 Å². The minimum absolute atomic E-state index is 0.355. The molecule has 2 heteroatoms. The average Bonchev–Trinajstić information content (AvgIpc) is 2.24. The number of nitrogens with zero attached hydrogens (tertiary/aromatic N) is 1. The van der Waals surface area contributed by atoms with E-state index in [-0.39, 0.29) is 0 Å². The predicted octanol–water partition coefficient (Wildman–Crippen LogP) is 2.59. The van der Waals surface area contributed by atoms with Crippen LogP contribution in [0.25, 0.3) is 0 Å². The summed E-state index contributed by atoms with van der Waals surface area (Å²) in [7, 11) is 0. The van der Waals surface area contributed by atoms with Crippen LogP contribution in [0.5, 0.6) is 0 Å². The van der Waals surface area contributed by atoms with Gasteiger partial charge in [-0.1, -0.05) is 12.1 Å². The molecule has 0 aromatic heterocycles. The van der Waals surface area contributed by atoms with Gasteiger partial charge in [-0.15, -0.1) is 0 Å². The number of hydrogen-bond donors (Lipinski definition) is 1. The van der Waals surface area contributed by atoms with Crippen LogP contribution in [-0.2, 0) is 6.54 Å².